The van der Waals surface area contributed by atoms with E-state index in [1.54, 1.807) is 5.43 Å². The van der Waals surface area contributed by atoms with E-state index in [0.29, 0.717) is 0 Å². The van der Waals surface area contributed by atoms with Crippen LogP contribution in [0.15, 0.2) is 0 Å². The molecule has 0 aliphatic rings. The zero-order valence-electron chi connectivity index (χ0n) is 4.16. The molecular formula is C3H8N2O3. The van der Waals surface area contributed by atoms with Gasteiger partial charge in [0, 0.05) is 0 Å². The Hall–Kier alpha value is -0.650. The fourth-order valence-electron chi connectivity index (χ4n) is 0.179. The monoisotopic (exact) mass is 120 g/mol. The lowest BCUT2D eigenvalue weighted by Crippen LogP contribution is -2.40. The maximum atomic E-state index is 10.1. The van der Waals surface area contributed by atoms with Crippen molar-refractivity contribution in [3.63, 3.8) is 0 Å². The highest BCUT2D eigenvalue weighted by molar-refractivity contribution is 5.79. The van der Waals surface area contributed by atoms with Crippen LogP contribution in [0.5, 0.6) is 0 Å². The van der Waals surface area contributed by atoms with Crippen LogP contribution < -0.4 is 11.3 Å². The molecule has 0 aromatic rings. The van der Waals surface area contributed by atoms with E-state index in [1.807, 2.05) is 0 Å². The van der Waals surface area contributed by atoms with E-state index in [-0.39, 0.29) is 0 Å². The highest BCUT2D eigenvalue weighted by atomic mass is 16.3. The molecule has 8 heavy (non-hydrogen) atoms. The Bertz CT molecular complexity index is 84.6. The van der Waals surface area contributed by atoms with Crippen molar-refractivity contribution in [1.82, 2.24) is 5.43 Å². The molecule has 1 atom stereocenters. The number of hydrazine groups is 1. The van der Waals surface area contributed by atoms with Gasteiger partial charge in [-0.05, 0) is 0 Å². The summed E-state index contributed by atoms with van der Waals surface area (Å²) in [5.41, 5.74) is 1.67. The van der Waals surface area contributed by atoms with Gasteiger partial charge < -0.3 is 10.2 Å². The first-order valence-electron chi connectivity index (χ1n) is 2.01. The van der Waals surface area contributed by atoms with Gasteiger partial charge in [-0.3, -0.25) is 10.2 Å². The Morgan fingerprint density at radius 3 is 2.50 bits per heavy atom. The summed E-state index contributed by atoms with van der Waals surface area (Å²) in [6, 6.07) is 0. The number of hydrogen-bond acceptors (Lipinski definition) is 4. The number of aliphatic hydroxyl groups is 2. The molecule has 48 valence electrons. The Balaban J connectivity index is 3.46. The molecule has 0 saturated carbocycles. The lowest BCUT2D eigenvalue weighted by atomic mass is 10.4. The summed E-state index contributed by atoms with van der Waals surface area (Å²) in [7, 11) is 0. The van der Waals surface area contributed by atoms with Crippen molar-refractivity contribution >= 4 is 5.91 Å². The molecular weight excluding hydrogens is 112 g/mol. The third-order valence-electron chi connectivity index (χ3n) is 0.618. The number of amides is 1. The van der Waals surface area contributed by atoms with Crippen LogP contribution in [0.4, 0.5) is 0 Å². The molecule has 1 amide bonds. The molecule has 0 rings (SSSR count). The number of hydrogen-bond donors (Lipinski definition) is 4. The maximum Gasteiger partial charge on any atom is 0.265 e. The van der Waals surface area contributed by atoms with Crippen molar-refractivity contribution in [2.24, 2.45) is 5.84 Å². The first-order valence-corrected chi connectivity index (χ1v) is 2.01. The van der Waals surface area contributed by atoms with E-state index in [2.05, 4.69) is 5.84 Å². The summed E-state index contributed by atoms with van der Waals surface area (Å²) in [4.78, 5) is 10.1. The van der Waals surface area contributed by atoms with Crippen molar-refractivity contribution < 1.29 is 15.0 Å². The van der Waals surface area contributed by atoms with Crippen LogP contribution in [0.25, 0.3) is 0 Å². The summed E-state index contributed by atoms with van der Waals surface area (Å²) in [5.74, 6) is 3.79. The highest BCUT2D eigenvalue weighted by Gasteiger charge is 2.09. The minimum absolute atomic E-state index is 0.608. The molecule has 0 aliphatic carbocycles. The smallest absolute Gasteiger partial charge is 0.265 e. The topological polar surface area (TPSA) is 95.6 Å². The van der Waals surface area contributed by atoms with Crippen LogP contribution in [0.1, 0.15) is 0 Å². The van der Waals surface area contributed by atoms with E-state index in [9.17, 15) is 4.79 Å². The van der Waals surface area contributed by atoms with Crippen LogP contribution in [0.3, 0.4) is 0 Å². The van der Waals surface area contributed by atoms with Gasteiger partial charge in [0.15, 0.2) is 6.10 Å². The first-order chi connectivity index (χ1) is 3.72. The number of carbonyl (C=O) groups excluding carboxylic acids is 1. The predicted molar refractivity (Wildman–Crippen MR) is 25.4 cm³/mol. The Labute approximate surface area is 46.1 Å². The molecule has 0 aromatic heterocycles. The molecule has 0 heterocycles. The average Bonchev–Trinajstić information content (AvgIpc) is 1.84. The molecule has 0 saturated heterocycles. The first kappa shape index (κ1) is 7.35. The van der Waals surface area contributed by atoms with E-state index in [0.717, 1.165) is 0 Å². The van der Waals surface area contributed by atoms with Crippen LogP contribution in [-0.4, -0.2) is 28.8 Å². The summed E-state index contributed by atoms with van der Waals surface area (Å²) in [6.45, 7) is -0.608. The number of nitrogens with one attached hydrogen (secondary N) is 1. The van der Waals surface area contributed by atoms with Gasteiger partial charge in [-0.15, -0.1) is 0 Å². The second kappa shape index (κ2) is 3.36. The van der Waals surface area contributed by atoms with Crippen molar-refractivity contribution in [2.45, 2.75) is 6.10 Å². The zero-order chi connectivity index (χ0) is 6.57. The third kappa shape index (κ3) is 1.87. The second-order valence-corrected chi connectivity index (χ2v) is 1.21. The van der Waals surface area contributed by atoms with E-state index in [1.165, 1.54) is 0 Å². The maximum absolute atomic E-state index is 10.1. The number of carbonyl (C=O) groups is 1. The molecule has 0 spiro atoms. The van der Waals surface area contributed by atoms with Crippen molar-refractivity contribution in [3.8, 4) is 0 Å². The fraction of sp³-hybridized carbons (Fsp3) is 0.667. The third-order valence-corrected chi connectivity index (χ3v) is 0.618. The summed E-state index contributed by atoms with van der Waals surface area (Å²) < 4.78 is 0. The molecule has 5 heteroatoms. The molecule has 1 unspecified atom stereocenters. The van der Waals surface area contributed by atoms with Gasteiger partial charge >= 0.3 is 0 Å². The van der Waals surface area contributed by atoms with Gasteiger partial charge in [-0.25, -0.2) is 5.84 Å². The number of rotatable bonds is 2. The summed E-state index contributed by atoms with van der Waals surface area (Å²) in [5, 5.41) is 16.5. The lowest BCUT2D eigenvalue weighted by Gasteiger charge is -2.01. The largest absolute Gasteiger partial charge is 0.393 e. The van der Waals surface area contributed by atoms with E-state index < -0.39 is 18.6 Å². The molecule has 0 aliphatic heterocycles. The average molecular weight is 120 g/mol. The molecule has 5 N–H and O–H groups in total. The summed E-state index contributed by atoms with van der Waals surface area (Å²) >= 11 is 0. The van der Waals surface area contributed by atoms with Crippen LogP contribution in [0.2, 0.25) is 0 Å². The van der Waals surface area contributed by atoms with Gasteiger partial charge in [-0.2, -0.15) is 0 Å². The molecule has 5 nitrogen and oxygen atoms in total. The predicted octanol–water partition coefficient (Wildman–Crippen LogP) is -2.67. The summed E-state index contributed by atoms with van der Waals surface area (Å²) in [6.07, 6.45) is -1.40. The van der Waals surface area contributed by atoms with Crippen LogP contribution >= 0.6 is 0 Å². The van der Waals surface area contributed by atoms with Crippen molar-refractivity contribution in [1.29, 1.82) is 0 Å². The lowest BCUT2D eigenvalue weighted by molar-refractivity contribution is -0.131. The van der Waals surface area contributed by atoms with Crippen LogP contribution in [-0.2, 0) is 4.79 Å². The van der Waals surface area contributed by atoms with Crippen LogP contribution in [0, 0.1) is 0 Å². The highest BCUT2D eigenvalue weighted by Crippen LogP contribution is 1.75. The Morgan fingerprint density at radius 1 is 1.88 bits per heavy atom. The van der Waals surface area contributed by atoms with Gasteiger partial charge in [-0.1, -0.05) is 0 Å². The number of nitrogens with two attached hydrogens (primary N) is 1. The van der Waals surface area contributed by atoms with E-state index >= 15 is 0 Å². The van der Waals surface area contributed by atoms with E-state index in [4.69, 9.17) is 10.2 Å². The quantitative estimate of drug-likeness (QED) is 0.181. The molecule has 0 fully saturated rings. The van der Waals surface area contributed by atoms with Gasteiger partial charge in [0.2, 0.25) is 0 Å². The Morgan fingerprint density at radius 2 is 2.38 bits per heavy atom. The van der Waals surface area contributed by atoms with Crippen molar-refractivity contribution in [2.75, 3.05) is 6.61 Å². The fourth-order valence-corrected chi connectivity index (χ4v) is 0.179. The molecule has 0 aromatic carbocycles. The van der Waals surface area contributed by atoms with Gasteiger partial charge in [0.1, 0.15) is 0 Å². The van der Waals surface area contributed by atoms with Gasteiger partial charge in [0.25, 0.3) is 5.91 Å². The zero-order valence-corrected chi connectivity index (χ0v) is 4.16. The standard InChI is InChI=1S/C3H8N2O3/c4-5-3(8)2(7)1-6/h2,6-7H,1,4H2,(H,5,8). The SMILES string of the molecule is NNC(=O)C(O)CO. The Kier molecular flexibility index (Phi) is 3.09. The second-order valence-electron chi connectivity index (χ2n) is 1.21. The molecule has 0 radical (unpaired) electrons. The van der Waals surface area contributed by atoms with Gasteiger partial charge in [0.05, 0.1) is 6.61 Å². The normalized spacial score (nSPS) is 12.9. The molecule has 0 bridgehead atoms. The number of aliphatic hydroxyl groups excluding tert-OH is 2. The minimum Gasteiger partial charge on any atom is -0.393 e. The minimum atomic E-state index is -1.40. The van der Waals surface area contributed by atoms with Crippen molar-refractivity contribution in [3.05, 3.63) is 0 Å².